The molecule has 1 atom stereocenters. The molecule has 1 rings (SSSR count). The Kier molecular flexibility index (Phi) is 5.15. The Bertz CT molecular complexity index is 329. The smallest absolute Gasteiger partial charge is 0.111 e. The van der Waals surface area contributed by atoms with Crippen LogP contribution in [0.5, 0.6) is 0 Å². The van der Waals surface area contributed by atoms with Crippen molar-refractivity contribution < 1.29 is 5.11 Å². The average Bonchev–Trinajstić information content (AvgIpc) is 2.77. The molecule has 0 aliphatic rings. The van der Waals surface area contributed by atoms with Gasteiger partial charge < -0.3 is 15.0 Å². The molecule has 0 fully saturated rings. The van der Waals surface area contributed by atoms with Crippen molar-refractivity contribution in [2.24, 2.45) is 0 Å². The van der Waals surface area contributed by atoms with Crippen LogP contribution in [0.3, 0.4) is 0 Å². The van der Waals surface area contributed by atoms with Gasteiger partial charge in [-0.25, -0.2) is 4.98 Å². The summed E-state index contributed by atoms with van der Waals surface area (Å²) in [6.45, 7) is 7.49. The van der Waals surface area contributed by atoms with E-state index in [1.807, 2.05) is 26.4 Å². The van der Waals surface area contributed by atoms with Gasteiger partial charge in [-0.3, -0.25) is 0 Å². The standard InChI is InChI=1S/C13H25N3O/c1-11(2)12-15-7-9-16(12)8-5-6-13(3,10-17)14-4/h7,9,11,14,17H,5-6,8,10H2,1-4H3. The molecular formula is C13H25N3O. The number of aryl methyl sites for hydroxylation is 1. The van der Waals surface area contributed by atoms with Crippen molar-refractivity contribution in [2.45, 2.75) is 51.6 Å². The maximum Gasteiger partial charge on any atom is 0.111 e. The van der Waals surface area contributed by atoms with Crippen LogP contribution in [0.4, 0.5) is 0 Å². The normalized spacial score (nSPS) is 15.2. The van der Waals surface area contributed by atoms with Gasteiger partial charge in [0.25, 0.3) is 0 Å². The molecule has 0 aliphatic heterocycles. The molecule has 17 heavy (non-hydrogen) atoms. The highest BCUT2D eigenvalue weighted by Gasteiger charge is 2.20. The molecule has 1 aromatic heterocycles. The maximum atomic E-state index is 9.30. The summed E-state index contributed by atoms with van der Waals surface area (Å²) in [4.78, 5) is 4.37. The summed E-state index contributed by atoms with van der Waals surface area (Å²) in [7, 11) is 1.90. The highest BCUT2D eigenvalue weighted by molar-refractivity contribution is 4.97. The minimum absolute atomic E-state index is 0.168. The summed E-state index contributed by atoms with van der Waals surface area (Å²) in [5, 5.41) is 12.5. The highest BCUT2D eigenvalue weighted by Crippen LogP contribution is 2.15. The molecule has 1 aromatic rings. The van der Waals surface area contributed by atoms with Gasteiger partial charge in [0.05, 0.1) is 6.61 Å². The monoisotopic (exact) mass is 239 g/mol. The van der Waals surface area contributed by atoms with E-state index in [1.54, 1.807) is 0 Å². The zero-order chi connectivity index (χ0) is 12.9. The third kappa shape index (κ3) is 3.82. The number of aromatic nitrogens is 2. The lowest BCUT2D eigenvalue weighted by molar-refractivity contribution is 0.170. The lowest BCUT2D eigenvalue weighted by atomic mass is 9.97. The Labute approximate surface area is 104 Å². The molecule has 0 saturated carbocycles. The first-order valence-electron chi connectivity index (χ1n) is 6.33. The van der Waals surface area contributed by atoms with Crippen LogP contribution in [0, 0.1) is 0 Å². The number of aliphatic hydroxyl groups is 1. The summed E-state index contributed by atoms with van der Waals surface area (Å²) >= 11 is 0. The minimum atomic E-state index is -0.168. The molecule has 0 aliphatic carbocycles. The summed E-state index contributed by atoms with van der Waals surface area (Å²) in [6, 6.07) is 0. The summed E-state index contributed by atoms with van der Waals surface area (Å²) in [5.41, 5.74) is -0.168. The van der Waals surface area contributed by atoms with E-state index in [9.17, 15) is 5.11 Å². The van der Waals surface area contributed by atoms with Crippen molar-refractivity contribution >= 4 is 0 Å². The third-order valence-electron chi connectivity index (χ3n) is 3.34. The molecule has 2 N–H and O–H groups in total. The molecule has 4 nitrogen and oxygen atoms in total. The molecular weight excluding hydrogens is 214 g/mol. The van der Waals surface area contributed by atoms with Crippen molar-refractivity contribution in [2.75, 3.05) is 13.7 Å². The van der Waals surface area contributed by atoms with Gasteiger partial charge in [0, 0.05) is 30.4 Å². The number of hydrogen-bond acceptors (Lipinski definition) is 3. The molecule has 0 bridgehead atoms. The van der Waals surface area contributed by atoms with Crippen LogP contribution < -0.4 is 5.32 Å². The second-order valence-corrected chi connectivity index (χ2v) is 5.21. The topological polar surface area (TPSA) is 50.1 Å². The first-order chi connectivity index (χ1) is 8.02. The van der Waals surface area contributed by atoms with Crippen LogP contribution in [0.2, 0.25) is 0 Å². The van der Waals surface area contributed by atoms with Crippen molar-refractivity contribution in [1.29, 1.82) is 0 Å². The van der Waals surface area contributed by atoms with Crippen molar-refractivity contribution in [3.63, 3.8) is 0 Å². The number of aliphatic hydroxyl groups excluding tert-OH is 1. The molecule has 4 heteroatoms. The number of rotatable bonds is 7. The SMILES string of the molecule is CNC(C)(CO)CCCn1ccnc1C(C)C. The number of nitrogens with one attached hydrogen (secondary N) is 1. The lowest BCUT2D eigenvalue weighted by Crippen LogP contribution is -2.43. The van der Waals surface area contributed by atoms with Crippen molar-refractivity contribution in [1.82, 2.24) is 14.9 Å². The Morgan fingerprint density at radius 3 is 2.76 bits per heavy atom. The van der Waals surface area contributed by atoms with E-state index < -0.39 is 0 Å². The number of nitrogens with zero attached hydrogens (tertiary/aromatic N) is 2. The lowest BCUT2D eigenvalue weighted by Gasteiger charge is -2.26. The molecule has 0 saturated heterocycles. The largest absolute Gasteiger partial charge is 0.394 e. The van der Waals surface area contributed by atoms with Crippen LogP contribution in [-0.4, -0.2) is 33.9 Å². The van der Waals surface area contributed by atoms with Crippen LogP contribution in [-0.2, 0) is 6.54 Å². The molecule has 98 valence electrons. The summed E-state index contributed by atoms with van der Waals surface area (Å²) < 4.78 is 2.21. The quantitative estimate of drug-likeness (QED) is 0.762. The number of likely N-dealkylation sites (N-methyl/N-ethyl adjacent to an activating group) is 1. The van der Waals surface area contributed by atoms with Gasteiger partial charge in [-0.15, -0.1) is 0 Å². The minimum Gasteiger partial charge on any atom is -0.394 e. The summed E-state index contributed by atoms with van der Waals surface area (Å²) in [6.07, 6.45) is 5.88. The van der Waals surface area contributed by atoms with Crippen molar-refractivity contribution in [3.05, 3.63) is 18.2 Å². The zero-order valence-electron chi connectivity index (χ0n) is 11.4. The van der Waals surface area contributed by atoms with E-state index in [0.29, 0.717) is 5.92 Å². The van der Waals surface area contributed by atoms with Gasteiger partial charge in [0.2, 0.25) is 0 Å². The van der Waals surface area contributed by atoms with Gasteiger partial charge in [0.1, 0.15) is 5.82 Å². The molecule has 0 radical (unpaired) electrons. The first-order valence-corrected chi connectivity index (χ1v) is 6.33. The second kappa shape index (κ2) is 6.17. The molecule has 0 aromatic carbocycles. The number of hydrogen-bond donors (Lipinski definition) is 2. The van der Waals surface area contributed by atoms with Gasteiger partial charge >= 0.3 is 0 Å². The van der Waals surface area contributed by atoms with E-state index in [-0.39, 0.29) is 12.1 Å². The highest BCUT2D eigenvalue weighted by atomic mass is 16.3. The van der Waals surface area contributed by atoms with E-state index >= 15 is 0 Å². The number of imidazole rings is 1. The molecule has 0 amide bonds. The van der Waals surface area contributed by atoms with E-state index in [1.165, 1.54) is 0 Å². The Morgan fingerprint density at radius 2 is 2.24 bits per heavy atom. The predicted octanol–water partition coefficient (Wildman–Crippen LogP) is 1.76. The zero-order valence-corrected chi connectivity index (χ0v) is 11.4. The molecule has 0 spiro atoms. The fourth-order valence-corrected chi connectivity index (χ4v) is 1.93. The Hall–Kier alpha value is -0.870. The Morgan fingerprint density at radius 1 is 1.53 bits per heavy atom. The van der Waals surface area contributed by atoms with Crippen LogP contribution in [0.1, 0.15) is 45.4 Å². The van der Waals surface area contributed by atoms with E-state index in [0.717, 1.165) is 25.2 Å². The summed E-state index contributed by atoms with van der Waals surface area (Å²) in [5.74, 6) is 1.60. The molecule has 1 heterocycles. The van der Waals surface area contributed by atoms with Crippen LogP contribution in [0.25, 0.3) is 0 Å². The van der Waals surface area contributed by atoms with Gasteiger partial charge in [-0.1, -0.05) is 13.8 Å². The van der Waals surface area contributed by atoms with Crippen LogP contribution >= 0.6 is 0 Å². The van der Waals surface area contributed by atoms with E-state index in [4.69, 9.17) is 0 Å². The first kappa shape index (κ1) is 14.2. The third-order valence-corrected chi connectivity index (χ3v) is 3.34. The molecule has 1 unspecified atom stereocenters. The predicted molar refractivity (Wildman–Crippen MR) is 70.1 cm³/mol. The Balaban J connectivity index is 2.48. The fourth-order valence-electron chi connectivity index (χ4n) is 1.93. The van der Waals surface area contributed by atoms with Crippen LogP contribution in [0.15, 0.2) is 12.4 Å². The fraction of sp³-hybridized carbons (Fsp3) is 0.769. The van der Waals surface area contributed by atoms with Gasteiger partial charge in [-0.05, 0) is 26.8 Å². The van der Waals surface area contributed by atoms with Gasteiger partial charge in [-0.2, -0.15) is 0 Å². The maximum absolute atomic E-state index is 9.30. The van der Waals surface area contributed by atoms with Gasteiger partial charge in [0.15, 0.2) is 0 Å². The average molecular weight is 239 g/mol. The second-order valence-electron chi connectivity index (χ2n) is 5.21. The van der Waals surface area contributed by atoms with Crippen molar-refractivity contribution in [3.8, 4) is 0 Å². The van der Waals surface area contributed by atoms with E-state index in [2.05, 4.69) is 28.7 Å².